The van der Waals surface area contributed by atoms with E-state index in [0.29, 0.717) is 0 Å². The minimum Gasteiger partial charge on any atom is -0.481 e. The Morgan fingerprint density at radius 2 is 2.06 bits per heavy atom. The van der Waals surface area contributed by atoms with Gasteiger partial charge in [0.25, 0.3) is 0 Å². The van der Waals surface area contributed by atoms with Gasteiger partial charge in [-0.05, 0) is 46.7 Å². The van der Waals surface area contributed by atoms with Gasteiger partial charge in [0.05, 0.1) is 5.92 Å². The van der Waals surface area contributed by atoms with E-state index in [4.69, 9.17) is 0 Å². The van der Waals surface area contributed by atoms with Crippen molar-refractivity contribution in [1.82, 2.24) is 0 Å². The van der Waals surface area contributed by atoms with Crippen molar-refractivity contribution in [3.05, 3.63) is 47.0 Å². The first-order chi connectivity index (χ1) is 8.75. The summed E-state index contributed by atoms with van der Waals surface area (Å²) in [5.41, 5.74) is 4.04. The van der Waals surface area contributed by atoms with E-state index in [0.717, 1.165) is 19.3 Å². The second-order valence-corrected chi connectivity index (χ2v) is 5.45. The Bertz CT molecular complexity index is 672. The van der Waals surface area contributed by atoms with Crippen molar-refractivity contribution in [2.75, 3.05) is 0 Å². The fraction of sp³-hybridized carbons (Fsp3) is 0.312. The summed E-state index contributed by atoms with van der Waals surface area (Å²) in [7, 11) is 0. The molecule has 2 aromatic rings. The van der Waals surface area contributed by atoms with Crippen molar-refractivity contribution in [2.45, 2.75) is 25.2 Å². The molecule has 0 heterocycles. The minimum atomic E-state index is -0.629. The second-order valence-electron chi connectivity index (χ2n) is 5.45. The van der Waals surface area contributed by atoms with E-state index in [2.05, 4.69) is 30.3 Å². The first-order valence-corrected chi connectivity index (χ1v) is 6.52. The average Bonchev–Trinajstić information content (AvgIpc) is 2.76. The molecule has 0 aliphatic heterocycles. The third kappa shape index (κ3) is 1.15. The van der Waals surface area contributed by atoms with E-state index in [1.165, 1.54) is 27.5 Å². The van der Waals surface area contributed by atoms with Crippen LogP contribution in [0.3, 0.4) is 0 Å². The van der Waals surface area contributed by atoms with Crippen LogP contribution in [0.25, 0.3) is 10.8 Å². The van der Waals surface area contributed by atoms with Crippen LogP contribution in [-0.2, 0) is 17.6 Å². The number of hydrogen-bond acceptors (Lipinski definition) is 1. The Hall–Kier alpha value is -1.83. The van der Waals surface area contributed by atoms with Gasteiger partial charge in [-0.15, -0.1) is 0 Å². The summed E-state index contributed by atoms with van der Waals surface area (Å²) in [5.74, 6) is -0.627. The van der Waals surface area contributed by atoms with Crippen molar-refractivity contribution in [3.8, 4) is 0 Å². The molecule has 0 saturated heterocycles. The lowest BCUT2D eigenvalue weighted by Crippen LogP contribution is -2.26. The van der Waals surface area contributed by atoms with Crippen LogP contribution in [0, 0.1) is 5.92 Å². The Morgan fingerprint density at radius 3 is 2.89 bits per heavy atom. The highest BCUT2D eigenvalue weighted by atomic mass is 16.4. The molecule has 2 aliphatic carbocycles. The van der Waals surface area contributed by atoms with Gasteiger partial charge < -0.3 is 5.11 Å². The quantitative estimate of drug-likeness (QED) is 0.828. The highest BCUT2D eigenvalue weighted by molar-refractivity contribution is 5.93. The molecule has 0 bridgehead atoms. The molecule has 0 aromatic heterocycles. The molecular weight excluding hydrogens is 224 g/mol. The van der Waals surface area contributed by atoms with Gasteiger partial charge in [-0.2, -0.15) is 0 Å². The Morgan fingerprint density at radius 1 is 1.17 bits per heavy atom. The van der Waals surface area contributed by atoms with Crippen molar-refractivity contribution in [1.29, 1.82) is 0 Å². The van der Waals surface area contributed by atoms with Gasteiger partial charge in [-0.1, -0.05) is 30.3 Å². The van der Waals surface area contributed by atoms with Gasteiger partial charge in [0.2, 0.25) is 0 Å². The zero-order chi connectivity index (χ0) is 12.3. The summed E-state index contributed by atoms with van der Waals surface area (Å²) in [6.07, 6.45) is 2.60. The Balaban J connectivity index is 2.03. The maximum atomic E-state index is 11.4. The molecule has 0 radical (unpaired) electrons. The van der Waals surface area contributed by atoms with E-state index in [9.17, 15) is 9.90 Å². The average molecular weight is 238 g/mol. The predicted octanol–water partition coefficient (Wildman–Crippen LogP) is 3.13. The van der Waals surface area contributed by atoms with Crippen LogP contribution < -0.4 is 0 Å². The molecule has 2 aliphatic rings. The SMILES string of the molecule is O=C(O)[C@H]1CCc2ccc3cccc4c3c2[C@@H]1C4. The number of hydrogen-bond donors (Lipinski definition) is 1. The van der Waals surface area contributed by atoms with Gasteiger partial charge >= 0.3 is 5.97 Å². The number of carboxylic acids is 1. The molecule has 4 rings (SSSR count). The topological polar surface area (TPSA) is 37.3 Å². The van der Waals surface area contributed by atoms with Crippen molar-refractivity contribution in [2.24, 2.45) is 5.92 Å². The zero-order valence-corrected chi connectivity index (χ0v) is 10.0. The van der Waals surface area contributed by atoms with Crippen molar-refractivity contribution in [3.63, 3.8) is 0 Å². The number of benzene rings is 2. The summed E-state index contributed by atoms with van der Waals surface area (Å²) < 4.78 is 0. The molecule has 0 fully saturated rings. The van der Waals surface area contributed by atoms with Gasteiger partial charge in [-0.25, -0.2) is 0 Å². The van der Waals surface area contributed by atoms with E-state index in [1.807, 2.05) is 0 Å². The highest BCUT2D eigenvalue weighted by Crippen LogP contribution is 2.48. The van der Waals surface area contributed by atoms with Gasteiger partial charge in [0.1, 0.15) is 0 Å². The zero-order valence-electron chi connectivity index (χ0n) is 10.0. The van der Waals surface area contributed by atoms with Gasteiger partial charge in [0.15, 0.2) is 0 Å². The molecule has 0 unspecified atom stereocenters. The van der Waals surface area contributed by atoms with Crippen LogP contribution in [0.5, 0.6) is 0 Å². The Labute approximate surface area is 105 Å². The summed E-state index contributed by atoms with van der Waals surface area (Å²) in [5, 5.41) is 12.0. The molecule has 2 aromatic carbocycles. The normalized spacial score (nSPS) is 24.4. The van der Waals surface area contributed by atoms with Crippen molar-refractivity contribution >= 4 is 16.7 Å². The van der Waals surface area contributed by atoms with E-state index >= 15 is 0 Å². The molecular formula is C16H14O2. The summed E-state index contributed by atoms with van der Waals surface area (Å²) in [6.45, 7) is 0. The lowest BCUT2D eigenvalue weighted by Gasteiger charge is -2.28. The molecule has 90 valence electrons. The monoisotopic (exact) mass is 238 g/mol. The van der Waals surface area contributed by atoms with Gasteiger partial charge in [0, 0.05) is 5.92 Å². The number of aryl methyl sites for hydroxylation is 1. The minimum absolute atomic E-state index is 0.199. The second kappa shape index (κ2) is 3.35. The molecule has 0 saturated carbocycles. The molecule has 2 nitrogen and oxygen atoms in total. The molecule has 0 amide bonds. The van der Waals surface area contributed by atoms with Crippen LogP contribution in [0.4, 0.5) is 0 Å². The molecule has 2 atom stereocenters. The lowest BCUT2D eigenvalue weighted by molar-refractivity contribution is -0.143. The molecule has 0 spiro atoms. The number of carboxylic acid groups (broad SMARTS) is 1. The largest absolute Gasteiger partial charge is 0.481 e. The van der Waals surface area contributed by atoms with Crippen molar-refractivity contribution < 1.29 is 9.90 Å². The van der Waals surface area contributed by atoms with Crippen LogP contribution in [-0.4, -0.2) is 11.1 Å². The van der Waals surface area contributed by atoms with E-state index in [1.54, 1.807) is 0 Å². The highest BCUT2D eigenvalue weighted by Gasteiger charge is 2.39. The summed E-state index contributed by atoms with van der Waals surface area (Å²) >= 11 is 0. The van der Waals surface area contributed by atoms with Crippen LogP contribution in [0.15, 0.2) is 30.3 Å². The fourth-order valence-corrected chi connectivity index (χ4v) is 3.83. The molecule has 18 heavy (non-hydrogen) atoms. The lowest BCUT2D eigenvalue weighted by atomic mass is 9.75. The van der Waals surface area contributed by atoms with Gasteiger partial charge in [-0.3, -0.25) is 4.79 Å². The maximum absolute atomic E-state index is 11.4. The first-order valence-electron chi connectivity index (χ1n) is 6.52. The van der Waals surface area contributed by atoms with E-state index in [-0.39, 0.29) is 11.8 Å². The number of aliphatic carboxylic acids is 1. The van der Waals surface area contributed by atoms with Crippen LogP contribution in [0.1, 0.15) is 29.0 Å². The predicted molar refractivity (Wildman–Crippen MR) is 69.8 cm³/mol. The smallest absolute Gasteiger partial charge is 0.307 e. The first kappa shape index (κ1) is 10.1. The third-order valence-electron chi connectivity index (χ3n) is 4.60. The van der Waals surface area contributed by atoms with Crippen LogP contribution >= 0.6 is 0 Å². The number of rotatable bonds is 1. The summed E-state index contributed by atoms with van der Waals surface area (Å²) in [4.78, 5) is 11.4. The maximum Gasteiger partial charge on any atom is 0.307 e. The van der Waals surface area contributed by atoms with Crippen LogP contribution in [0.2, 0.25) is 0 Å². The fourth-order valence-electron chi connectivity index (χ4n) is 3.83. The Kier molecular flexibility index (Phi) is 1.88. The third-order valence-corrected chi connectivity index (χ3v) is 4.60. The standard InChI is InChI=1S/C16H14O2/c17-16(18)12-7-6-10-5-4-9-2-1-3-11-8-13(12)15(10)14(9)11/h1-5,12-13H,6-8H2,(H,17,18)/t12-,13+/m0/s1. The number of carbonyl (C=O) groups is 1. The summed E-state index contributed by atoms with van der Waals surface area (Å²) in [6, 6.07) is 10.7. The van der Waals surface area contributed by atoms with E-state index < -0.39 is 5.97 Å². The molecule has 2 heteroatoms. The molecule has 1 N–H and O–H groups in total.